The highest BCUT2D eigenvalue weighted by Gasteiger charge is 2.50. The normalized spacial score (nSPS) is 30.4. The molecule has 1 N–H and O–H groups in total. The molecule has 1 aromatic carbocycles. The van der Waals surface area contributed by atoms with Gasteiger partial charge in [0.05, 0.1) is 18.2 Å². The average Bonchev–Trinajstić information content (AvgIpc) is 3.22. The maximum Gasteiger partial charge on any atom is 0.257 e. The van der Waals surface area contributed by atoms with Crippen molar-refractivity contribution in [3.8, 4) is 11.5 Å². The van der Waals surface area contributed by atoms with Gasteiger partial charge in [0.25, 0.3) is 5.89 Å². The minimum absolute atomic E-state index is 0.134. The van der Waals surface area contributed by atoms with Crippen molar-refractivity contribution in [2.24, 2.45) is 0 Å². The molecule has 6 nitrogen and oxygen atoms in total. The molecule has 0 amide bonds. The number of aromatic nitrogens is 2. The molecule has 1 saturated carbocycles. The minimum Gasteiger partial charge on any atom is -0.393 e. The minimum atomic E-state index is -0.246. The van der Waals surface area contributed by atoms with Crippen molar-refractivity contribution in [3.05, 3.63) is 36.2 Å². The van der Waals surface area contributed by atoms with E-state index in [-0.39, 0.29) is 17.7 Å². The summed E-state index contributed by atoms with van der Waals surface area (Å²) in [5, 5.41) is 14.2. The number of methoxy groups -OCH3 is 1. The van der Waals surface area contributed by atoms with E-state index < -0.39 is 0 Å². The van der Waals surface area contributed by atoms with Crippen LogP contribution in [0.4, 0.5) is 0 Å². The summed E-state index contributed by atoms with van der Waals surface area (Å²) in [6.45, 7) is 1.55. The van der Waals surface area contributed by atoms with Crippen LogP contribution in [-0.2, 0) is 11.3 Å². The summed E-state index contributed by atoms with van der Waals surface area (Å²) in [6.07, 6.45) is 3.22. The van der Waals surface area contributed by atoms with E-state index >= 15 is 0 Å². The Balaban J connectivity index is 1.51. The highest BCUT2D eigenvalue weighted by atomic mass is 16.5. The summed E-state index contributed by atoms with van der Waals surface area (Å²) in [6, 6.07) is 10.0. The predicted octanol–water partition coefficient (Wildman–Crippen LogP) is 2.24. The number of likely N-dealkylation sites (tertiary alicyclic amines) is 1. The Bertz CT molecular complexity index is 690. The van der Waals surface area contributed by atoms with Gasteiger partial charge < -0.3 is 14.4 Å². The molecule has 2 aliphatic rings. The number of benzene rings is 1. The summed E-state index contributed by atoms with van der Waals surface area (Å²) in [5.41, 5.74) is 0.794. The van der Waals surface area contributed by atoms with Crippen LogP contribution < -0.4 is 0 Å². The Kier molecular flexibility index (Phi) is 4.12. The number of rotatable bonds is 4. The molecule has 1 aromatic heterocycles. The van der Waals surface area contributed by atoms with Crippen LogP contribution >= 0.6 is 0 Å². The molecule has 0 spiro atoms. The van der Waals surface area contributed by atoms with E-state index in [1.165, 1.54) is 0 Å². The Morgan fingerprint density at radius 1 is 1.33 bits per heavy atom. The van der Waals surface area contributed by atoms with Crippen LogP contribution in [0, 0.1) is 0 Å². The van der Waals surface area contributed by atoms with E-state index in [2.05, 4.69) is 15.0 Å². The molecule has 1 aliphatic heterocycles. The van der Waals surface area contributed by atoms with Crippen LogP contribution in [-0.4, -0.2) is 51.5 Å². The number of hydrogen-bond donors (Lipinski definition) is 1. The van der Waals surface area contributed by atoms with Crippen LogP contribution in [0.5, 0.6) is 0 Å². The van der Waals surface area contributed by atoms with Crippen LogP contribution in [0.15, 0.2) is 34.9 Å². The van der Waals surface area contributed by atoms with Gasteiger partial charge in [-0.3, -0.25) is 4.90 Å². The van der Waals surface area contributed by atoms with E-state index in [0.717, 1.165) is 37.8 Å². The molecule has 24 heavy (non-hydrogen) atoms. The number of aliphatic hydroxyl groups excluding tert-OH is 1. The fourth-order valence-electron chi connectivity index (χ4n) is 4.16. The van der Waals surface area contributed by atoms with Crippen LogP contribution in [0.3, 0.4) is 0 Å². The zero-order valence-corrected chi connectivity index (χ0v) is 13.9. The fourth-order valence-corrected chi connectivity index (χ4v) is 4.16. The third-order valence-electron chi connectivity index (χ3n) is 5.51. The maximum atomic E-state index is 10.1. The molecular weight excluding hydrogens is 306 g/mol. The summed E-state index contributed by atoms with van der Waals surface area (Å²) < 4.78 is 11.3. The highest BCUT2D eigenvalue weighted by Crippen LogP contribution is 2.42. The molecule has 6 heteroatoms. The monoisotopic (exact) mass is 329 g/mol. The SMILES string of the molecule is CO[C@]12CC[C@@H](O)C[C@H]1N(Cc1noc(-c3ccccc3)n1)CC2. The smallest absolute Gasteiger partial charge is 0.257 e. The lowest BCUT2D eigenvalue weighted by Crippen LogP contribution is -2.51. The summed E-state index contributed by atoms with van der Waals surface area (Å²) >= 11 is 0. The zero-order chi connectivity index (χ0) is 16.6. The number of fused-ring (bicyclic) bond motifs is 1. The Morgan fingerprint density at radius 3 is 2.96 bits per heavy atom. The second-order valence-corrected chi connectivity index (χ2v) is 6.82. The lowest BCUT2D eigenvalue weighted by atomic mass is 9.79. The molecule has 0 unspecified atom stereocenters. The van der Waals surface area contributed by atoms with Crippen molar-refractivity contribution in [2.45, 2.75) is 50.0 Å². The van der Waals surface area contributed by atoms with E-state index in [1.807, 2.05) is 30.3 Å². The van der Waals surface area contributed by atoms with Crippen molar-refractivity contribution in [1.82, 2.24) is 15.0 Å². The molecule has 2 aromatic rings. The van der Waals surface area contributed by atoms with Crippen molar-refractivity contribution >= 4 is 0 Å². The van der Waals surface area contributed by atoms with Crippen LogP contribution in [0.2, 0.25) is 0 Å². The summed E-state index contributed by atoms with van der Waals surface area (Å²) in [7, 11) is 1.79. The lowest BCUT2D eigenvalue weighted by molar-refractivity contribution is -0.0882. The van der Waals surface area contributed by atoms with Crippen LogP contribution in [0.1, 0.15) is 31.5 Å². The predicted molar refractivity (Wildman–Crippen MR) is 88.1 cm³/mol. The Labute approximate surface area is 141 Å². The van der Waals surface area contributed by atoms with Gasteiger partial charge in [0, 0.05) is 25.3 Å². The first-order valence-corrected chi connectivity index (χ1v) is 8.55. The van der Waals surface area contributed by atoms with Gasteiger partial charge in [-0.2, -0.15) is 4.98 Å². The van der Waals surface area contributed by atoms with Crippen molar-refractivity contribution in [2.75, 3.05) is 13.7 Å². The highest BCUT2D eigenvalue weighted by molar-refractivity contribution is 5.51. The number of aliphatic hydroxyl groups is 1. The number of nitrogens with zero attached hydrogens (tertiary/aromatic N) is 3. The van der Waals surface area contributed by atoms with E-state index in [1.54, 1.807) is 7.11 Å². The van der Waals surface area contributed by atoms with Gasteiger partial charge in [-0.1, -0.05) is 23.4 Å². The molecule has 2 fully saturated rings. The third-order valence-corrected chi connectivity index (χ3v) is 5.51. The number of hydrogen-bond acceptors (Lipinski definition) is 6. The topological polar surface area (TPSA) is 71.6 Å². The van der Waals surface area contributed by atoms with Gasteiger partial charge in [0.2, 0.25) is 0 Å². The second kappa shape index (κ2) is 6.27. The van der Waals surface area contributed by atoms with E-state index in [0.29, 0.717) is 18.3 Å². The molecular formula is C18H23N3O3. The molecule has 4 rings (SSSR count). The quantitative estimate of drug-likeness (QED) is 0.927. The van der Waals surface area contributed by atoms with Crippen LogP contribution in [0.25, 0.3) is 11.5 Å². The van der Waals surface area contributed by atoms with Gasteiger partial charge in [0.15, 0.2) is 5.82 Å². The molecule has 2 heterocycles. The molecule has 1 aliphatic carbocycles. The molecule has 0 radical (unpaired) electrons. The fraction of sp³-hybridized carbons (Fsp3) is 0.556. The summed E-state index contributed by atoms with van der Waals surface area (Å²) in [4.78, 5) is 6.85. The van der Waals surface area contributed by atoms with Gasteiger partial charge in [0.1, 0.15) is 0 Å². The standard InChI is InChI=1S/C18H23N3O3/c1-23-18-8-7-14(22)11-15(18)21(10-9-18)12-16-19-17(24-20-16)13-5-3-2-4-6-13/h2-6,14-15,22H,7-12H2,1H3/t14-,15-,18+/m1/s1. The largest absolute Gasteiger partial charge is 0.393 e. The van der Waals surface area contributed by atoms with E-state index in [4.69, 9.17) is 9.26 Å². The first kappa shape index (κ1) is 15.7. The number of ether oxygens (including phenoxy) is 1. The van der Waals surface area contributed by atoms with Crippen molar-refractivity contribution in [3.63, 3.8) is 0 Å². The summed E-state index contributed by atoms with van der Waals surface area (Å²) in [5.74, 6) is 1.23. The van der Waals surface area contributed by atoms with Gasteiger partial charge in [-0.15, -0.1) is 0 Å². The maximum absolute atomic E-state index is 10.1. The Hall–Kier alpha value is -1.76. The van der Waals surface area contributed by atoms with E-state index in [9.17, 15) is 5.11 Å². The lowest BCUT2D eigenvalue weighted by Gasteiger charge is -2.42. The molecule has 128 valence electrons. The molecule has 3 atom stereocenters. The van der Waals surface area contributed by atoms with Gasteiger partial charge >= 0.3 is 0 Å². The van der Waals surface area contributed by atoms with Gasteiger partial charge in [-0.05, 0) is 37.8 Å². The zero-order valence-electron chi connectivity index (χ0n) is 13.9. The Morgan fingerprint density at radius 2 is 2.17 bits per heavy atom. The average molecular weight is 329 g/mol. The molecule has 1 saturated heterocycles. The third kappa shape index (κ3) is 2.75. The molecule has 0 bridgehead atoms. The van der Waals surface area contributed by atoms with Crippen molar-refractivity contribution in [1.29, 1.82) is 0 Å². The first-order chi connectivity index (χ1) is 11.7. The second-order valence-electron chi connectivity index (χ2n) is 6.82. The van der Waals surface area contributed by atoms with Gasteiger partial charge in [-0.25, -0.2) is 0 Å². The van der Waals surface area contributed by atoms with Crippen molar-refractivity contribution < 1.29 is 14.4 Å². The first-order valence-electron chi connectivity index (χ1n) is 8.55.